The van der Waals surface area contributed by atoms with Crippen LogP contribution >= 0.6 is 0 Å². The van der Waals surface area contributed by atoms with Gasteiger partial charge in [-0.05, 0) is 66.1 Å². The molecule has 0 unspecified atom stereocenters. The number of amides is 3. The van der Waals surface area contributed by atoms with Gasteiger partial charge in [0, 0.05) is 24.0 Å². The van der Waals surface area contributed by atoms with Crippen LogP contribution in [0.5, 0.6) is 0 Å². The molecule has 154 valence electrons. The number of nitriles is 1. The van der Waals surface area contributed by atoms with Crippen LogP contribution < -0.4 is 16.0 Å². The van der Waals surface area contributed by atoms with Crippen LogP contribution in [-0.4, -0.2) is 11.9 Å². The Morgan fingerprint density at radius 1 is 0.935 bits per heavy atom. The van der Waals surface area contributed by atoms with Crippen molar-refractivity contribution in [3.8, 4) is 6.07 Å². The van der Waals surface area contributed by atoms with Gasteiger partial charge in [0.15, 0.2) is 0 Å². The van der Waals surface area contributed by atoms with Crippen molar-refractivity contribution in [3.63, 3.8) is 0 Å². The summed E-state index contributed by atoms with van der Waals surface area (Å²) < 4.78 is 0. The molecule has 0 atom stereocenters. The largest absolute Gasteiger partial charge is 0.348 e. The van der Waals surface area contributed by atoms with Gasteiger partial charge < -0.3 is 16.0 Å². The maximum Gasteiger partial charge on any atom is 0.323 e. The Kier molecular flexibility index (Phi) is 7.17. The summed E-state index contributed by atoms with van der Waals surface area (Å²) in [5, 5.41) is 17.2. The molecule has 0 fully saturated rings. The number of aryl methyl sites for hydroxylation is 1. The van der Waals surface area contributed by atoms with E-state index in [0.717, 1.165) is 22.4 Å². The molecular formula is C25H22N4O2. The Bertz CT molecular complexity index is 1140. The summed E-state index contributed by atoms with van der Waals surface area (Å²) in [6.45, 7) is 2.28. The van der Waals surface area contributed by atoms with E-state index in [1.807, 2.05) is 43.3 Å². The van der Waals surface area contributed by atoms with Crippen molar-refractivity contribution in [3.05, 3.63) is 101 Å². The number of carbonyl (C=O) groups excluding carboxylic acids is 2. The van der Waals surface area contributed by atoms with E-state index in [9.17, 15) is 9.59 Å². The number of benzene rings is 3. The van der Waals surface area contributed by atoms with Crippen molar-refractivity contribution in [2.45, 2.75) is 13.5 Å². The minimum atomic E-state index is -0.336. The second kappa shape index (κ2) is 10.4. The maximum absolute atomic E-state index is 12.2. The van der Waals surface area contributed by atoms with Gasteiger partial charge in [-0.25, -0.2) is 4.79 Å². The zero-order valence-electron chi connectivity index (χ0n) is 17.1. The van der Waals surface area contributed by atoms with Crippen LogP contribution in [0.4, 0.5) is 16.2 Å². The van der Waals surface area contributed by atoms with Crippen molar-refractivity contribution < 1.29 is 9.59 Å². The molecule has 0 aliphatic carbocycles. The first-order valence-corrected chi connectivity index (χ1v) is 9.71. The lowest BCUT2D eigenvalue weighted by atomic mass is 10.1. The van der Waals surface area contributed by atoms with Crippen LogP contribution in [0.2, 0.25) is 0 Å². The highest BCUT2D eigenvalue weighted by Gasteiger charge is 2.04. The van der Waals surface area contributed by atoms with Crippen LogP contribution in [0, 0.1) is 18.3 Å². The number of hydrogen-bond donors (Lipinski definition) is 3. The summed E-state index contributed by atoms with van der Waals surface area (Å²) in [7, 11) is 0. The smallest absolute Gasteiger partial charge is 0.323 e. The molecule has 6 heteroatoms. The predicted octanol–water partition coefficient (Wildman–Crippen LogP) is 4.84. The quantitative estimate of drug-likeness (QED) is 0.508. The van der Waals surface area contributed by atoms with E-state index >= 15 is 0 Å². The van der Waals surface area contributed by atoms with E-state index < -0.39 is 0 Å². The Morgan fingerprint density at radius 2 is 1.61 bits per heavy atom. The molecule has 3 N–H and O–H groups in total. The maximum atomic E-state index is 12.2. The van der Waals surface area contributed by atoms with Gasteiger partial charge in [0.25, 0.3) is 0 Å². The predicted molar refractivity (Wildman–Crippen MR) is 122 cm³/mol. The Labute approximate surface area is 181 Å². The van der Waals surface area contributed by atoms with E-state index in [2.05, 4.69) is 22.0 Å². The molecule has 0 spiro atoms. The van der Waals surface area contributed by atoms with Gasteiger partial charge in [0.05, 0.1) is 11.6 Å². The van der Waals surface area contributed by atoms with Gasteiger partial charge in [-0.3, -0.25) is 4.79 Å². The number of carbonyl (C=O) groups is 2. The zero-order valence-corrected chi connectivity index (χ0v) is 17.1. The Morgan fingerprint density at radius 3 is 2.29 bits per heavy atom. The van der Waals surface area contributed by atoms with Crippen LogP contribution in [0.3, 0.4) is 0 Å². The molecule has 6 nitrogen and oxygen atoms in total. The van der Waals surface area contributed by atoms with Gasteiger partial charge in [-0.2, -0.15) is 5.26 Å². The third-order valence-electron chi connectivity index (χ3n) is 4.39. The van der Waals surface area contributed by atoms with Gasteiger partial charge in [-0.15, -0.1) is 0 Å². The lowest BCUT2D eigenvalue weighted by molar-refractivity contribution is -0.116. The normalized spacial score (nSPS) is 10.3. The van der Waals surface area contributed by atoms with Crippen LogP contribution in [0.25, 0.3) is 6.08 Å². The van der Waals surface area contributed by atoms with Crippen molar-refractivity contribution in [1.29, 1.82) is 5.26 Å². The average molecular weight is 410 g/mol. The second-order valence-corrected chi connectivity index (χ2v) is 6.93. The topological polar surface area (TPSA) is 94.0 Å². The molecule has 0 heterocycles. The van der Waals surface area contributed by atoms with Crippen molar-refractivity contribution in [2.75, 3.05) is 10.6 Å². The van der Waals surface area contributed by atoms with E-state index in [4.69, 9.17) is 5.26 Å². The first kappa shape index (κ1) is 21.3. The molecule has 0 saturated heterocycles. The lowest BCUT2D eigenvalue weighted by Crippen LogP contribution is -2.21. The monoisotopic (exact) mass is 410 g/mol. The summed E-state index contributed by atoms with van der Waals surface area (Å²) in [5.74, 6) is -0.236. The number of nitrogens with one attached hydrogen (secondary N) is 3. The Hall–Kier alpha value is -4.37. The van der Waals surface area contributed by atoms with E-state index in [1.54, 1.807) is 42.5 Å². The molecule has 3 aromatic carbocycles. The van der Waals surface area contributed by atoms with Gasteiger partial charge >= 0.3 is 6.03 Å². The third kappa shape index (κ3) is 6.87. The Balaban J connectivity index is 1.51. The number of nitrogens with zero attached hydrogens (tertiary/aromatic N) is 1. The van der Waals surface area contributed by atoms with E-state index in [0.29, 0.717) is 17.8 Å². The lowest BCUT2D eigenvalue weighted by Gasteiger charge is -2.10. The average Bonchev–Trinajstić information content (AvgIpc) is 2.77. The summed E-state index contributed by atoms with van der Waals surface area (Å²) in [4.78, 5) is 24.3. The molecule has 3 amide bonds. The first-order chi connectivity index (χ1) is 15.0. The molecule has 0 aromatic heterocycles. The molecule has 3 rings (SSSR count). The van der Waals surface area contributed by atoms with E-state index in [-0.39, 0.29) is 11.9 Å². The van der Waals surface area contributed by atoms with Crippen molar-refractivity contribution in [1.82, 2.24) is 5.32 Å². The van der Waals surface area contributed by atoms with Crippen LogP contribution in [0.1, 0.15) is 22.3 Å². The standard InChI is InChI=1S/C25H22N4O2/c1-18-4-2-6-22(14-18)28-25(31)29-23-7-3-5-21(15-23)17-27-24(30)13-12-19-8-10-20(16-26)11-9-19/h2-15H,17H2,1H3,(H,27,30)(H2,28,29,31)/b13-12+. The number of urea groups is 1. The molecule has 31 heavy (non-hydrogen) atoms. The highest BCUT2D eigenvalue weighted by atomic mass is 16.2. The SMILES string of the molecule is Cc1cccc(NC(=O)Nc2cccc(CNC(=O)/C=C/c3ccc(C#N)cc3)c2)c1. The highest BCUT2D eigenvalue weighted by molar-refractivity contribution is 5.99. The van der Waals surface area contributed by atoms with Gasteiger partial charge in [0.1, 0.15) is 0 Å². The molecule has 0 radical (unpaired) electrons. The van der Waals surface area contributed by atoms with Crippen molar-refractivity contribution >= 4 is 29.4 Å². The summed E-state index contributed by atoms with van der Waals surface area (Å²) in [6, 6.07) is 23.5. The van der Waals surface area contributed by atoms with E-state index in [1.165, 1.54) is 6.08 Å². The molecular weight excluding hydrogens is 388 g/mol. The summed E-state index contributed by atoms with van der Waals surface area (Å²) in [5.41, 5.74) is 4.67. The highest BCUT2D eigenvalue weighted by Crippen LogP contribution is 2.13. The first-order valence-electron chi connectivity index (χ1n) is 9.71. The minimum absolute atomic E-state index is 0.236. The molecule has 0 aliphatic heterocycles. The van der Waals surface area contributed by atoms with Crippen LogP contribution in [-0.2, 0) is 11.3 Å². The molecule has 0 saturated carbocycles. The number of hydrogen-bond acceptors (Lipinski definition) is 3. The fourth-order valence-electron chi connectivity index (χ4n) is 2.86. The summed E-state index contributed by atoms with van der Waals surface area (Å²) in [6.07, 6.45) is 3.13. The summed E-state index contributed by atoms with van der Waals surface area (Å²) >= 11 is 0. The third-order valence-corrected chi connectivity index (χ3v) is 4.39. The minimum Gasteiger partial charge on any atom is -0.348 e. The van der Waals surface area contributed by atoms with Gasteiger partial charge in [-0.1, -0.05) is 36.4 Å². The number of rotatable bonds is 6. The second-order valence-electron chi connectivity index (χ2n) is 6.93. The number of anilines is 2. The molecule has 3 aromatic rings. The van der Waals surface area contributed by atoms with Crippen LogP contribution in [0.15, 0.2) is 78.9 Å². The molecule has 0 aliphatic rings. The van der Waals surface area contributed by atoms with Gasteiger partial charge in [0.2, 0.25) is 5.91 Å². The zero-order chi connectivity index (χ0) is 22.1. The van der Waals surface area contributed by atoms with Crippen molar-refractivity contribution in [2.24, 2.45) is 0 Å². The molecule has 0 bridgehead atoms. The fraction of sp³-hybridized carbons (Fsp3) is 0.0800. The fourth-order valence-corrected chi connectivity index (χ4v) is 2.86.